The fourth-order valence-corrected chi connectivity index (χ4v) is 3.84. The largest absolute Gasteiger partial charge is 0.387 e. The van der Waals surface area contributed by atoms with Gasteiger partial charge in [-0.15, -0.1) is 11.3 Å². The summed E-state index contributed by atoms with van der Waals surface area (Å²) in [6.45, 7) is 2.09. The highest BCUT2D eigenvalue weighted by Gasteiger charge is 2.23. The number of hydrogen-bond acceptors (Lipinski definition) is 2. The molecule has 2 unspecified atom stereocenters. The average molecular weight is 346 g/mol. The first kappa shape index (κ1) is 14.1. The van der Waals surface area contributed by atoms with Crippen molar-refractivity contribution in [1.82, 2.24) is 0 Å². The molecule has 96 valence electrons. The fourth-order valence-electron chi connectivity index (χ4n) is 2.05. The first-order valence-corrected chi connectivity index (χ1v) is 7.80. The summed E-state index contributed by atoms with van der Waals surface area (Å²) in [7, 11) is 0. The quantitative estimate of drug-likeness (QED) is 0.787. The lowest BCUT2D eigenvalue weighted by Gasteiger charge is -2.21. The molecule has 0 bridgehead atoms. The van der Waals surface area contributed by atoms with Crippen LogP contribution in [-0.2, 0) is 0 Å². The van der Waals surface area contributed by atoms with E-state index in [4.69, 9.17) is 11.6 Å². The normalized spacial score (nSPS) is 14.4. The molecule has 1 aromatic carbocycles. The smallest absolute Gasteiger partial charge is 0.107 e. The van der Waals surface area contributed by atoms with Gasteiger partial charge < -0.3 is 5.11 Å². The molecule has 0 aliphatic rings. The molecule has 4 heteroatoms. The lowest BCUT2D eigenvalue weighted by Crippen LogP contribution is -2.08. The van der Waals surface area contributed by atoms with Crippen LogP contribution in [0.4, 0.5) is 0 Å². The highest BCUT2D eigenvalue weighted by atomic mass is 79.9. The Bertz CT molecular complexity index is 492. The first-order valence-electron chi connectivity index (χ1n) is 5.81. The molecule has 18 heavy (non-hydrogen) atoms. The summed E-state index contributed by atoms with van der Waals surface area (Å²) in [4.78, 5) is 0.905. The van der Waals surface area contributed by atoms with E-state index in [0.29, 0.717) is 4.34 Å². The third-order valence-electron chi connectivity index (χ3n) is 3.00. The molecule has 0 saturated heterocycles. The van der Waals surface area contributed by atoms with Gasteiger partial charge >= 0.3 is 0 Å². The van der Waals surface area contributed by atoms with Crippen LogP contribution in [0.2, 0.25) is 4.34 Å². The van der Waals surface area contributed by atoms with Crippen LogP contribution in [0.3, 0.4) is 0 Å². The van der Waals surface area contributed by atoms with Gasteiger partial charge in [-0.1, -0.05) is 48.9 Å². The number of hydrogen-bond donors (Lipinski definition) is 1. The lowest BCUT2D eigenvalue weighted by molar-refractivity contribution is 0.146. The van der Waals surface area contributed by atoms with Crippen molar-refractivity contribution in [2.75, 3.05) is 0 Å². The Hall–Kier alpha value is -0.350. The molecule has 2 atom stereocenters. The summed E-state index contributed by atoms with van der Waals surface area (Å²) < 4.78 is 1.54. The molecule has 0 aliphatic heterocycles. The van der Waals surface area contributed by atoms with Crippen LogP contribution in [-0.4, -0.2) is 5.11 Å². The second kappa shape index (κ2) is 6.20. The zero-order chi connectivity index (χ0) is 13.1. The van der Waals surface area contributed by atoms with E-state index in [1.54, 1.807) is 0 Å². The highest BCUT2D eigenvalue weighted by molar-refractivity contribution is 9.10. The second-order valence-electron chi connectivity index (χ2n) is 4.14. The van der Waals surface area contributed by atoms with Crippen LogP contribution < -0.4 is 0 Å². The molecule has 2 rings (SSSR count). The third kappa shape index (κ3) is 2.97. The van der Waals surface area contributed by atoms with Gasteiger partial charge in [0, 0.05) is 15.3 Å². The van der Waals surface area contributed by atoms with Gasteiger partial charge in [0.05, 0.1) is 6.10 Å². The van der Waals surface area contributed by atoms with E-state index in [1.807, 2.05) is 24.3 Å². The van der Waals surface area contributed by atoms with E-state index in [2.05, 4.69) is 35.0 Å². The molecule has 0 fully saturated rings. The van der Waals surface area contributed by atoms with E-state index in [-0.39, 0.29) is 5.92 Å². The summed E-state index contributed by atoms with van der Waals surface area (Å²) >= 11 is 10.8. The fraction of sp³-hybridized carbons (Fsp3) is 0.286. The maximum Gasteiger partial charge on any atom is 0.107 e. The van der Waals surface area contributed by atoms with Crippen molar-refractivity contribution in [3.63, 3.8) is 0 Å². The zero-order valence-electron chi connectivity index (χ0n) is 9.94. The maximum absolute atomic E-state index is 10.5. The Morgan fingerprint density at radius 2 is 2.00 bits per heavy atom. The zero-order valence-corrected chi connectivity index (χ0v) is 13.1. The van der Waals surface area contributed by atoms with Gasteiger partial charge in [0.25, 0.3) is 0 Å². The highest BCUT2D eigenvalue weighted by Crippen LogP contribution is 2.41. The van der Waals surface area contributed by atoms with Gasteiger partial charge in [-0.3, -0.25) is 0 Å². The van der Waals surface area contributed by atoms with Crippen molar-refractivity contribution in [1.29, 1.82) is 0 Å². The molecule has 0 spiro atoms. The number of thiophene rings is 1. The van der Waals surface area contributed by atoms with Crippen molar-refractivity contribution in [3.05, 3.63) is 55.6 Å². The van der Waals surface area contributed by atoms with Crippen molar-refractivity contribution in [3.8, 4) is 0 Å². The summed E-state index contributed by atoms with van der Waals surface area (Å²) in [5.41, 5.74) is 1.16. The Kier molecular flexibility index (Phi) is 4.84. The molecule has 1 aromatic heterocycles. The van der Waals surface area contributed by atoms with Gasteiger partial charge in [-0.25, -0.2) is 0 Å². The molecule has 1 N–H and O–H groups in total. The predicted octanol–water partition coefficient (Wildman–Crippen LogP) is 5.39. The van der Waals surface area contributed by atoms with E-state index in [0.717, 1.165) is 21.3 Å². The number of benzene rings is 1. The second-order valence-corrected chi connectivity index (χ2v) is 6.68. The molecular formula is C14H14BrClOS. The van der Waals surface area contributed by atoms with Gasteiger partial charge in [0.2, 0.25) is 0 Å². The average Bonchev–Trinajstić information content (AvgIpc) is 2.72. The van der Waals surface area contributed by atoms with Crippen LogP contribution in [0.5, 0.6) is 0 Å². The molecular weight excluding hydrogens is 332 g/mol. The van der Waals surface area contributed by atoms with Gasteiger partial charge in [-0.2, -0.15) is 0 Å². The summed E-state index contributed by atoms with van der Waals surface area (Å²) in [5, 5.41) is 10.5. The molecule has 0 amide bonds. The van der Waals surface area contributed by atoms with Crippen LogP contribution in [0.1, 0.15) is 35.8 Å². The molecule has 1 nitrogen and oxygen atoms in total. The van der Waals surface area contributed by atoms with Crippen molar-refractivity contribution < 1.29 is 5.11 Å². The van der Waals surface area contributed by atoms with Crippen molar-refractivity contribution in [2.24, 2.45) is 0 Å². The van der Waals surface area contributed by atoms with Crippen LogP contribution in [0.25, 0.3) is 0 Å². The predicted molar refractivity (Wildman–Crippen MR) is 81.5 cm³/mol. The molecule has 0 radical (unpaired) electrons. The Morgan fingerprint density at radius 3 is 2.50 bits per heavy atom. The number of aliphatic hydroxyl groups excluding tert-OH is 1. The minimum absolute atomic E-state index is 0.104. The standard InChI is InChI=1S/C14H14BrClOS/c1-2-10(9-6-4-3-5-7-9)13(17)12-8-11(15)14(16)18-12/h3-8,10,13,17H,2H2,1H3. The topological polar surface area (TPSA) is 20.2 Å². The Balaban J connectivity index is 2.28. The monoisotopic (exact) mass is 344 g/mol. The van der Waals surface area contributed by atoms with Crippen molar-refractivity contribution >= 4 is 38.9 Å². The van der Waals surface area contributed by atoms with E-state index < -0.39 is 6.10 Å². The molecule has 2 aromatic rings. The number of aliphatic hydroxyl groups is 1. The van der Waals surface area contributed by atoms with Crippen LogP contribution in [0.15, 0.2) is 40.9 Å². The first-order chi connectivity index (χ1) is 8.63. The Morgan fingerprint density at radius 1 is 1.33 bits per heavy atom. The summed E-state index contributed by atoms with van der Waals surface area (Å²) in [5.74, 6) is 0.104. The maximum atomic E-state index is 10.5. The minimum Gasteiger partial charge on any atom is -0.387 e. The minimum atomic E-state index is -0.508. The molecule has 0 saturated carbocycles. The number of halogens is 2. The van der Waals surface area contributed by atoms with Gasteiger partial charge in [-0.05, 0) is 34.0 Å². The molecule has 0 aliphatic carbocycles. The SMILES string of the molecule is CCC(c1ccccc1)C(O)c1cc(Br)c(Cl)s1. The van der Waals surface area contributed by atoms with Crippen LogP contribution >= 0.6 is 38.9 Å². The Labute approximate surface area is 125 Å². The third-order valence-corrected chi connectivity index (χ3v) is 5.55. The van der Waals surface area contributed by atoms with Crippen molar-refractivity contribution in [2.45, 2.75) is 25.4 Å². The summed E-state index contributed by atoms with van der Waals surface area (Å²) in [6.07, 6.45) is 0.379. The van der Waals surface area contributed by atoms with E-state index in [1.165, 1.54) is 11.3 Å². The van der Waals surface area contributed by atoms with Crippen LogP contribution in [0, 0.1) is 0 Å². The lowest BCUT2D eigenvalue weighted by atomic mass is 9.90. The van der Waals surface area contributed by atoms with Gasteiger partial charge in [0.1, 0.15) is 4.34 Å². The number of rotatable bonds is 4. The van der Waals surface area contributed by atoms with Gasteiger partial charge in [0.15, 0.2) is 0 Å². The van der Waals surface area contributed by atoms with E-state index >= 15 is 0 Å². The summed E-state index contributed by atoms with van der Waals surface area (Å²) in [6, 6.07) is 12.0. The van der Waals surface area contributed by atoms with E-state index in [9.17, 15) is 5.11 Å². The molecule has 1 heterocycles.